The third kappa shape index (κ3) is 8.81. The number of hydrogen-bond acceptors (Lipinski definition) is 8. The molecule has 0 fully saturated rings. The number of amides is 3. The van der Waals surface area contributed by atoms with E-state index in [9.17, 15) is 14.4 Å². The monoisotopic (exact) mass is 674 g/mol. The summed E-state index contributed by atoms with van der Waals surface area (Å²) in [6.45, 7) is 3.26. The number of hydrogen-bond donors (Lipinski definition) is 3. The molecular formula is C31H29Cl3N4O7. The number of ether oxygens (including phenoxy) is 4. The molecule has 1 heterocycles. The number of benzene rings is 3. The number of nitrogens with one attached hydrogen (secondary N) is 3. The van der Waals surface area contributed by atoms with Crippen LogP contribution in [0, 0.1) is 0 Å². The smallest absolute Gasteiger partial charge is 0.338 e. The molecule has 1 atom stereocenters. The van der Waals surface area contributed by atoms with Crippen molar-refractivity contribution in [3.8, 4) is 17.2 Å². The lowest BCUT2D eigenvalue weighted by Crippen LogP contribution is -2.45. The second-order valence-electron chi connectivity index (χ2n) is 9.49. The molecule has 3 N–H and O–H groups in total. The topological polar surface area (TPSA) is 137 Å². The molecule has 3 aromatic rings. The van der Waals surface area contributed by atoms with Crippen molar-refractivity contribution in [3.63, 3.8) is 0 Å². The van der Waals surface area contributed by atoms with Gasteiger partial charge in [-0.25, -0.2) is 15.0 Å². The maximum atomic E-state index is 12.6. The molecule has 1 aliphatic heterocycles. The molecule has 0 aromatic heterocycles. The summed E-state index contributed by atoms with van der Waals surface area (Å²) in [5.74, 6) is -0.120. The van der Waals surface area contributed by atoms with Gasteiger partial charge in [-0.1, -0.05) is 46.9 Å². The second kappa shape index (κ2) is 15.5. The van der Waals surface area contributed by atoms with Crippen LogP contribution in [-0.4, -0.2) is 44.4 Å². The minimum atomic E-state index is -0.790. The van der Waals surface area contributed by atoms with E-state index in [1.807, 2.05) is 0 Å². The minimum Gasteiger partial charge on any atom is -0.493 e. The van der Waals surface area contributed by atoms with Crippen LogP contribution < -0.4 is 30.3 Å². The second-order valence-corrected chi connectivity index (χ2v) is 10.8. The van der Waals surface area contributed by atoms with E-state index < -0.39 is 30.6 Å². The van der Waals surface area contributed by atoms with E-state index >= 15 is 0 Å². The fourth-order valence-corrected chi connectivity index (χ4v) is 4.95. The van der Waals surface area contributed by atoms with E-state index in [1.54, 1.807) is 68.4 Å². The highest BCUT2D eigenvalue weighted by molar-refractivity contribution is 6.35. The summed E-state index contributed by atoms with van der Waals surface area (Å²) in [5, 5.41) is 10.7. The molecule has 45 heavy (non-hydrogen) atoms. The Morgan fingerprint density at radius 2 is 1.71 bits per heavy atom. The zero-order chi connectivity index (χ0) is 32.5. The maximum Gasteiger partial charge on any atom is 0.338 e. The summed E-state index contributed by atoms with van der Waals surface area (Å²) >= 11 is 18.4. The lowest BCUT2D eigenvalue weighted by atomic mass is 9.95. The number of allylic oxidation sites excluding steroid dienone is 1. The molecular weight excluding hydrogens is 647 g/mol. The maximum absolute atomic E-state index is 12.6. The Balaban J connectivity index is 1.39. The number of nitrogens with zero attached hydrogens (tertiary/aromatic N) is 1. The van der Waals surface area contributed by atoms with Gasteiger partial charge < -0.3 is 29.6 Å². The third-order valence-corrected chi connectivity index (χ3v) is 7.23. The molecule has 0 radical (unpaired) electrons. The highest BCUT2D eigenvalue weighted by Gasteiger charge is 2.32. The molecule has 4 rings (SSSR count). The van der Waals surface area contributed by atoms with Crippen LogP contribution in [0.3, 0.4) is 0 Å². The summed E-state index contributed by atoms with van der Waals surface area (Å²) < 4.78 is 22.2. The van der Waals surface area contributed by atoms with E-state index in [1.165, 1.54) is 13.3 Å². The molecule has 236 valence electrons. The van der Waals surface area contributed by atoms with E-state index in [0.29, 0.717) is 37.6 Å². The predicted octanol–water partition coefficient (Wildman–Crippen LogP) is 5.95. The average molecular weight is 676 g/mol. The molecule has 3 amide bonds. The first-order valence-electron chi connectivity index (χ1n) is 13.5. The van der Waals surface area contributed by atoms with E-state index in [0.717, 1.165) is 5.56 Å². The number of esters is 1. The molecule has 3 aromatic carbocycles. The van der Waals surface area contributed by atoms with Gasteiger partial charge in [0.2, 0.25) is 0 Å². The van der Waals surface area contributed by atoms with Gasteiger partial charge in [0.15, 0.2) is 18.1 Å². The van der Waals surface area contributed by atoms with Crippen molar-refractivity contribution in [1.29, 1.82) is 0 Å². The van der Waals surface area contributed by atoms with Crippen LogP contribution in [0.25, 0.3) is 0 Å². The molecule has 0 bridgehead atoms. The Bertz CT molecular complexity index is 1660. The van der Waals surface area contributed by atoms with E-state index in [2.05, 4.69) is 21.2 Å². The molecule has 1 aliphatic rings. The van der Waals surface area contributed by atoms with Gasteiger partial charge in [-0.2, -0.15) is 5.10 Å². The van der Waals surface area contributed by atoms with Gasteiger partial charge in [0.05, 0.1) is 31.5 Å². The molecule has 11 nitrogen and oxygen atoms in total. The summed E-state index contributed by atoms with van der Waals surface area (Å²) in [6.07, 6.45) is 1.39. The largest absolute Gasteiger partial charge is 0.493 e. The molecule has 14 heteroatoms. The SMILES string of the molecule is CCOC(=O)C1=C(C)NC(=O)N[C@@H]1c1ccc(OCC(=O)N/N=C/c2cc(Cl)ccc2OCc2ccc(Cl)cc2Cl)c(OC)c1. The van der Waals surface area contributed by atoms with Crippen LogP contribution in [0.5, 0.6) is 17.2 Å². The zero-order valence-corrected chi connectivity index (χ0v) is 26.7. The van der Waals surface area contributed by atoms with Gasteiger partial charge in [0.25, 0.3) is 5.91 Å². The Hall–Kier alpha value is -4.45. The Morgan fingerprint density at radius 1 is 0.978 bits per heavy atom. The molecule has 0 unspecified atom stereocenters. The highest BCUT2D eigenvalue weighted by atomic mass is 35.5. The van der Waals surface area contributed by atoms with E-state index in [-0.39, 0.29) is 30.3 Å². The third-order valence-electron chi connectivity index (χ3n) is 6.41. The number of halogens is 3. The summed E-state index contributed by atoms with van der Waals surface area (Å²) in [7, 11) is 1.43. The van der Waals surface area contributed by atoms with Crippen LogP contribution in [0.15, 0.2) is 71.0 Å². The molecule has 0 aliphatic carbocycles. The van der Waals surface area contributed by atoms with Crippen LogP contribution in [-0.2, 0) is 20.9 Å². The number of urea groups is 1. The number of rotatable bonds is 12. The fraction of sp³-hybridized carbons (Fsp3) is 0.226. The van der Waals surface area contributed by atoms with Crippen molar-refractivity contribution < 1.29 is 33.3 Å². The first-order chi connectivity index (χ1) is 21.6. The Morgan fingerprint density at radius 3 is 2.44 bits per heavy atom. The van der Waals surface area contributed by atoms with Crippen molar-refractivity contribution in [1.82, 2.24) is 16.1 Å². The van der Waals surface area contributed by atoms with Gasteiger partial charge in [-0.3, -0.25) is 4.79 Å². The van der Waals surface area contributed by atoms with Crippen molar-refractivity contribution in [2.75, 3.05) is 20.3 Å². The zero-order valence-electron chi connectivity index (χ0n) is 24.4. The van der Waals surface area contributed by atoms with Gasteiger partial charge >= 0.3 is 12.0 Å². The number of methoxy groups -OCH3 is 1. The van der Waals surface area contributed by atoms with Gasteiger partial charge in [0, 0.05) is 31.9 Å². The summed E-state index contributed by atoms with van der Waals surface area (Å²) in [5.41, 5.74) is 4.82. The lowest BCUT2D eigenvalue weighted by Gasteiger charge is -2.28. The lowest BCUT2D eigenvalue weighted by molar-refractivity contribution is -0.139. The minimum absolute atomic E-state index is 0.170. The molecule has 0 spiro atoms. The average Bonchev–Trinajstić information content (AvgIpc) is 3.00. The van der Waals surface area contributed by atoms with Crippen molar-refractivity contribution in [2.45, 2.75) is 26.5 Å². The van der Waals surface area contributed by atoms with Crippen molar-refractivity contribution >= 4 is 58.9 Å². The quantitative estimate of drug-likeness (QED) is 0.123. The van der Waals surface area contributed by atoms with Crippen LogP contribution in [0.2, 0.25) is 15.1 Å². The standard InChI is InChI=1S/C31H29Cl3N4O7/c1-4-43-30(40)28-17(2)36-31(41)37-29(28)18-6-9-25(26(12-18)42-3)45-16-27(39)38-35-14-20-11-21(32)8-10-24(20)44-15-19-5-7-22(33)13-23(19)34/h5-14,29H,4,15-16H2,1-3H3,(H,38,39)(H2,36,37,41)/b35-14+/t29-/m1/s1. The van der Waals surface area contributed by atoms with Gasteiger partial charge in [-0.05, 0) is 61.9 Å². The first-order valence-corrected chi connectivity index (χ1v) is 14.7. The Kier molecular flexibility index (Phi) is 11.5. The van der Waals surface area contributed by atoms with Crippen LogP contribution in [0.1, 0.15) is 36.6 Å². The van der Waals surface area contributed by atoms with Gasteiger partial charge in [0.1, 0.15) is 12.4 Å². The highest BCUT2D eigenvalue weighted by Crippen LogP contribution is 2.34. The molecule has 0 saturated heterocycles. The first kappa shape index (κ1) is 33.4. The molecule has 0 saturated carbocycles. The fourth-order valence-electron chi connectivity index (χ4n) is 4.30. The van der Waals surface area contributed by atoms with Gasteiger partial charge in [-0.15, -0.1) is 0 Å². The van der Waals surface area contributed by atoms with Crippen molar-refractivity contribution in [3.05, 3.63) is 97.6 Å². The normalized spacial score (nSPS) is 14.4. The number of hydrazone groups is 1. The van der Waals surface area contributed by atoms with E-state index in [4.69, 9.17) is 53.8 Å². The summed E-state index contributed by atoms with van der Waals surface area (Å²) in [6, 6.07) is 13.6. The Labute approximate surface area is 274 Å². The number of carbonyl (C=O) groups excluding carboxylic acids is 3. The predicted molar refractivity (Wildman–Crippen MR) is 170 cm³/mol. The summed E-state index contributed by atoms with van der Waals surface area (Å²) in [4.78, 5) is 37.3. The van der Waals surface area contributed by atoms with Crippen molar-refractivity contribution in [2.24, 2.45) is 5.10 Å². The van der Waals surface area contributed by atoms with Crippen LogP contribution in [0.4, 0.5) is 4.79 Å². The van der Waals surface area contributed by atoms with Crippen LogP contribution >= 0.6 is 34.8 Å². The number of carbonyl (C=O) groups is 3.